The Morgan fingerprint density at radius 3 is 2.69 bits per heavy atom. The minimum Gasteiger partial charge on any atom is -0.356 e. The zero-order valence-electron chi connectivity index (χ0n) is 7.41. The van der Waals surface area contributed by atoms with E-state index in [2.05, 4.69) is 37.5 Å². The van der Waals surface area contributed by atoms with Crippen molar-refractivity contribution in [2.24, 2.45) is 0 Å². The lowest BCUT2D eigenvalue weighted by Crippen LogP contribution is -2.30. The number of hydrogen-bond donors (Lipinski definition) is 0. The molecule has 1 saturated heterocycles. The van der Waals surface area contributed by atoms with Crippen LogP contribution in [0.5, 0.6) is 0 Å². The van der Waals surface area contributed by atoms with Crippen LogP contribution in [0.1, 0.15) is 19.3 Å². The number of rotatable bonds is 1. The Hall–Kier alpha value is -0.390. The molecule has 70 valence electrons. The first-order chi connectivity index (χ1) is 6.38. The van der Waals surface area contributed by atoms with Crippen molar-refractivity contribution < 1.29 is 0 Å². The van der Waals surface area contributed by atoms with Gasteiger partial charge in [-0.2, -0.15) is 0 Å². The molecule has 1 aromatic heterocycles. The first-order valence-electron chi connectivity index (χ1n) is 4.58. The molecule has 1 aliphatic rings. The first kappa shape index (κ1) is 9.18. The average Bonchev–Trinajstić information content (AvgIpc) is 2.20. The first-order valence-corrected chi connectivity index (χ1v) is 5.66. The van der Waals surface area contributed by atoms with Crippen LogP contribution in [-0.4, -0.2) is 23.1 Å². The van der Waals surface area contributed by atoms with E-state index >= 15 is 0 Å². The van der Waals surface area contributed by atoms with Gasteiger partial charge in [-0.15, -0.1) is 0 Å². The lowest BCUT2D eigenvalue weighted by Gasteiger charge is -2.28. The molecule has 0 bridgehead atoms. The van der Waals surface area contributed by atoms with Gasteiger partial charge in [0.05, 0.1) is 3.57 Å². The maximum Gasteiger partial charge on any atom is 0.145 e. The highest BCUT2D eigenvalue weighted by Gasteiger charge is 2.13. The van der Waals surface area contributed by atoms with Crippen molar-refractivity contribution in [2.45, 2.75) is 19.3 Å². The fourth-order valence-corrected chi connectivity index (χ4v) is 2.29. The lowest BCUT2D eigenvalue weighted by molar-refractivity contribution is 0.572. The monoisotopic (exact) mass is 289 g/mol. The van der Waals surface area contributed by atoms with Gasteiger partial charge in [-0.25, -0.2) is 9.97 Å². The molecule has 0 amide bonds. The van der Waals surface area contributed by atoms with Crippen molar-refractivity contribution in [1.82, 2.24) is 9.97 Å². The second-order valence-electron chi connectivity index (χ2n) is 3.24. The van der Waals surface area contributed by atoms with Gasteiger partial charge in [0.25, 0.3) is 0 Å². The van der Waals surface area contributed by atoms with Crippen molar-refractivity contribution >= 4 is 28.4 Å². The van der Waals surface area contributed by atoms with Crippen molar-refractivity contribution in [2.75, 3.05) is 18.0 Å². The molecule has 0 aromatic carbocycles. The average molecular weight is 289 g/mol. The predicted molar refractivity (Wildman–Crippen MR) is 60.8 cm³/mol. The normalized spacial score (nSPS) is 17.5. The van der Waals surface area contributed by atoms with Gasteiger partial charge >= 0.3 is 0 Å². The number of aromatic nitrogens is 2. The van der Waals surface area contributed by atoms with Crippen molar-refractivity contribution in [1.29, 1.82) is 0 Å². The van der Waals surface area contributed by atoms with Gasteiger partial charge < -0.3 is 4.90 Å². The zero-order chi connectivity index (χ0) is 9.10. The molecule has 0 radical (unpaired) electrons. The Morgan fingerprint density at radius 2 is 2.00 bits per heavy atom. The van der Waals surface area contributed by atoms with E-state index in [1.165, 1.54) is 19.3 Å². The molecule has 1 fully saturated rings. The molecule has 0 N–H and O–H groups in total. The van der Waals surface area contributed by atoms with E-state index in [1.54, 1.807) is 6.33 Å². The minimum absolute atomic E-state index is 1.11. The summed E-state index contributed by atoms with van der Waals surface area (Å²) in [5.41, 5.74) is 0. The number of halogens is 1. The van der Waals surface area contributed by atoms with Crippen LogP contribution in [0.4, 0.5) is 5.82 Å². The Balaban J connectivity index is 2.18. The molecule has 3 nitrogen and oxygen atoms in total. The van der Waals surface area contributed by atoms with Gasteiger partial charge in [-0.05, 0) is 41.9 Å². The van der Waals surface area contributed by atoms with Crippen LogP contribution >= 0.6 is 22.6 Å². The minimum atomic E-state index is 1.11. The summed E-state index contributed by atoms with van der Waals surface area (Å²) >= 11 is 2.30. The summed E-state index contributed by atoms with van der Waals surface area (Å²) in [6, 6.07) is 0. The summed E-state index contributed by atoms with van der Waals surface area (Å²) in [6.45, 7) is 2.29. The van der Waals surface area contributed by atoms with E-state index in [0.29, 0.717) is 0 Å². The van der Waals surface area contributed by atoms with Crippen molar-refractivity contribution in [3.8, 4) is 0 Å². The summed E-state index contributed by atoms with van der Waals surface area (Å²) in [7, 11) is 0. The summed E-state index contributed by atoms with van der Waals surface area (Å²) in [4.78, 5) is 10.7. The Morgan fingerprint density at radius 1 is 1.23 bits per heavy atom. The maximum absolute atomic E-state index is 4.31. The topological polar surface area (TPSA) is 29.0 Å². The number of hydrogen-bond acceptors (Lipinski definition) is 3. The third kappa shape index (κ3) is 2.10. The summed E-state index contributed by atoms with van der Waals surface area (Å²) in [5, 5.41) is 0. The van der Waals surface area contributed by atoms with Gasteiger partial charge in [0.15, 0.2) is 0 Å². The Kier molecular flexibility index (Phi) is 2.97. The fourth-order valence-electron chi connectivity index (χ4n) is 1.64. The summed E-state index contributed by atoms with van der Waals surface area (Å²) in [5.74, 6) is 1.11. The smallest absolute Gasteiger partial charge is 0.145 e. The van der Waals surface area contributed by atoms with Crippen LogP contribution in [0.15, 0.2) is 12.5 Å². The van der Waals surface area contributed by atoms with Crippen molar-refractivity contribution in [3.63, 3.8) is 0 Å². The van der Waals surface area contributed by atoms with E-state index in [1.807, 2.05) is 6.20 Å². The molecule has 4 heteroatoms. The van der Waals surface area contributed by atoms with Crippen LogP contribution in [0.2, 0.25) is 0 Å². The van der Waals surface area contributed by atoms with Crippen LogP contribution in [0.3, 0.4) is 0 Å². The molecule has 13 heavy (non-hydrogen) atoms. The second kappa shape index (κ2) is 4.21. The Bertz CT molecular complexity index is 284. The van der Waals surface area contributed by atoms with Crippen LogP contribution < -0.4 is 4.90 Å². The predicted octanol–water partition coefficient (Wildman–Crippen LogP) is 2.07. The lowest BCUT2D eigenvalue weighted by atomic mass is 10.1. The SMILES string of the molecule is Ic1cncnc1N1CCCCC1. The Labute approximate surface area is 91.7 Å². The van der Waals surface area contributed by atoms with Gasteiger partial charge in [0.1, 0.15) is 12.1 Å². The fraction of sp³-hybridized carbons (Fsp3) is 0.556. The van der Waals surface area contributed by atoms with E-state index in [9.17, 15) is 0 Å². The van der Waals surface area contributed by atoms with E-state index in [4.69, 9.17) is 0 Å². The molecule has 0 spiro atoms. The van der Waals surface area contributed by atoms with E-state index < -0.39 is 0 Å². The molecule has 0 saturated carbocycles. The molecular formula is C9H12IN3. The second-order valence-corrected chi connectivity index (χ2v) is 4.40. The summed E-state index contributed by atoms with van der Waals surface area (Å²) in [6.07, 6.45) is 7.45. The molecule has 2 rings (SSSR count). The van der Waals surface area contributed by atoms with Gasteiger partial charge in [-0.3, -0.25) is 0 Å². The molecule has 0 unspecified atom stereocenters. The molecule has 1 aromatic rings. The third-order valence-corrected chi connectivity index (χ3v) is 3.06. The highest BCUT2D eigenvalue weighted by Crippen LogP contribution is 2.21. The standard InChI is InChI=1S/C9H12IN3/c10-8-6-11-7-12-9(8)13-4-2-1-3-5-13/h6-7H,1-5H2. The molecule has 2 heterocycles. The van der Waals surface area contributed by atoms with Gasteiger partial charge in [0.2, 0.25) is 0 Å². The van der Waals surface area contributed by atoms with E-state index in [0.717, 1.165) is 22.5 Å². The van der Waals surface area contributed by atoms with Crippen LogP contribution in [0, 0.1) is 3.57 Å². The zero-order valence-corrected chi connectivity index (χ0v) is 9.57. The number of piperidine rings is 1. The van der Waals surface area contributed by atoms with Crippen LogP contribution in [0.25, 0.3) is 0 Å². The molecule has 0 aliphatic carbocycles. The highest BCUT2D eigenvalue weighted by atomic mass is 127. The molecular weight excluding hydrogens is 277 g/mol. The molecule has 1 aliphatic heterocycles. The highest BCUT2D eigenvalue weighted by molar-refractivity contribution is 14.1. The largest absolute Gasteiger partial charge is 0.356 e. The van der Waals surface area contributed by atoms with E-state index in [-0.39, 0.29) is 0 Å². The molecule has 0 atom stereocenters. The van der Waals surface area contributed by atoms with Gasteiger partial charge in [0, 0.05) is 19.3 Å². The van der Waals surface area contributed by atoms with Crippen LogP contribution in [-0.2, 0) is 0 Å². The number of anilines is 1. The third-order valence-electron chi connectivity index (χ3n) is 2.30. The van der Waals surface area contributed by atoms with Gasteiger partial charge in [-0.1, -0.05) is 0 Å². The maximum atomic E-state index is 4.31. The van der Waals surface area contributed by atoms with Crippen molar-refractivity contribution in [3.05, 3.63) is 16.1 Å². The quantitative estimate of drug-likeness (QED) is 0.741. The number of nitrogens with zero attached hydrogens (tertiary/aromatic N) is 3. The summed E-state index contributed by atoms with van der Waals surface area (Å²) < 4.78 is 1.15.